The normalized spacial score (nSPS) is 14.9. The van der Waals surface area contributed by atoms with E-state index in [0.717, 1.165) is 16.9 Å². The van der Waals surface area contributed by atoms with Crippen molar-refractivity contribution in [2.45, 2.75) is 11.8 Å². The highest BCUT2D eigenvalue weighted by molar-refractivity contribution is 7.95. The van der Waals surface area contributed by atoms with Crippen molar-refractivity contribution in [3.8, 4) is 6.07 Å². The highest BCUT2D eigenvalue weighted by Crippen LogP contribution is 2.27. The average molecular weight is 459 g/mol. The number of nitriles is 1. The van der Waals surface area contributed by atoms with E-state index in [1.807, 2.05) is 66.4 Å². The Bertz CT molecular complexity index is 1260. The quantitative estimate of drug-likeness (QED) is 0.552. The van der Waals surface area contributed by atoms with E-state index in [2.05, 4.69) is 22.3 Å². The fourth-order valence-electron chi connectivity index (χ4n) is 3.84. The number of anilines is 2. The Morgan fingerprint density at radius 1 is 0.848 bits per heavy atom. The zero-order valence-corrected chi connectivity index (χ0v) is 19.3. The van der Waals surface area contributed by atoms with Crippen molar-refractivity contribution in [2.75, 3.05) is 36.4 Å². The molecule has 0 bridgehead atoms. The van der Waals surface area contributed by atoms with Crippen molar-refractivity contribution in [1.29, 1.82) is 5.26 Å². The van der Waals surface area contributed by atoms with Crippen molar-refractivity contribution in [2.24, 2.45) is 0 Å². The van der Waals surface area contributed by atoms with Gasteiger partial charge in [0.05, 0.1) is 4.90 Å². The summed E-state index contributed by atoms with van der Waals surface area (Å²) in [5.74, 6) is 0.317. The van der Waals surface area contributed by atoms with Crippen molar-refractivity contribution in [1.82, 2.24) is 4.90 Å². The molecule has 6 nitrogen and oxygen atoms in total. The molecule has 3 aromatic carbocycles. The van der Waals surface area contributed by atoms with Gasteiger partial charge in [-0.05, 0) is 43.3 Å². The van der Waals surface area contributed by atoms with Gasteiger partial charge in [0.15, 0.2) is 4.91 Å². The molecule has 168 valence electrons. The molecular formula is C26H26N4O2S. The molecule has 0 saturated carbocycles. The summed E-state index contributed by atoms with van der Waals surface area (Å²) in [5.41, 5.74) is 2.81. The zero-order valence-electron chi connectivity index (χ0n) is 18.5. The summed E-state index contributed by atoms with van der Waals surface area (Å²) < 4.78 is 27.0. The Morgan fingerprint density at radius 3 is 2.00 bits per heavy atom. The lowest BCUT2D eigenvalue weighted by atomic mass is 10.2. The second-order valence-electron chi connectivity index (χ2n) is 7.91. The first-order valence-corrected chi connectivity index (χ1v) is 12.3. The van der Waals surface area contributed by atoms with E-state index in [-0.39, 0.29) is 9.80 Å². The lowest BCUT2D eigenvalue weighted by Crippen LogP contribution is -2.47. The van der Waals surface area contributed by atoms with Gasteiger partial charge in [-0.15, -0.1) is 0 Å². The second kappa shape index (κ2) is 9.80. The molecule has 33 heavy (non-hydrogen) atoms. The number of allylic oxidation sites excluding steroid dienone is 1. The molecule has 0 aromatic heterocycles. The van der Waals surface area contributed by atoms with Crippen molar-refractivity contribution < 1.29 is 8.42 Å². The predicted octanol–water partition coefficient (Wildman–Crippen LogP) is 4.40. The molecule has 0 atom stereocenters. The fraction of sp³-hybridized carbons (Fsp3) is 0.192. The maximum Gasteiger partial charge on any atom is 0.220 e. The first-order valence-electron chi connectivity index (χ1n) is 10.8. The molecule has 1 heterocycles. The van der Waals surface area contributed by atoms with Crippen molar-refractivity contribution in [3.63, 3.8) is 0 Å². The highest BCUT2D eigenvalue weighted by Gasteiger charge is 2.30. The minimum Gasteiger partial charge on any atom is -0.368 e. The van der Waals surface area contributed by atoms with E-state index in [1.165, 1.54) is 0 Å². The van der Waals surface area contributed by atoms with Crippen LogP contribution in [0.15, 0.2) is 101 Å². The smallest absolute Gasteiger partial charge is 0.220 e. The molecule has 3 aromatic rings. The first-order chi connectivity index (χ1) is 16.0. The fourth-order valence-corrected chi connectivity index (χ4v) is 5.13. The maximum absolute atomic E-state index is 13.5. The summed E-state index contributed by atoms with van der Waals surface area (Å²) in [6, 6.07) is 28.0. The number of nitrogens with zero attached hydrogens (tertiary/aromatic N) is 3. The van der Waals surface area contributed by atoms with Gasteiger partial charge in [-0.25, -0.2) is 8.42 Å². The minimum atomic E-state index is -4.00. The molecule has 1 saturated heterocycles. The van der Waals surface area contributed by atoms with Crippen molar-refractivity contribution in [3.05, 3.63) is 101 Å². The Balaban J connectivity index is 1.70. The second-order valence-corrected chi connectivity index (χ2v) is 9.79. The lowest BCUT2D eigenvalue weighted by molar-refractivity contribution is 0.324. The van der Waals surface area contributed by atoms with Crippen LogP contribution in [-0.2, 0) is 9.84 Å². The molecule has 1 aliphatic heterocycles. The van der Waals surface area contributed by atoms with E-state index >= 15 is 0 Å². The van der Waals surface area contributed by atoms with Crippen LogP contribution >= 0.6 is 0 Å². The molecule has 7 heteroatoms. The average Bonchev–Trinajstić information content (AvgIpc) is 2.85. The SMILES string of the molecule is Cc1ccc(S(=O)(=O)C(C#N)=C(Nc2ccccc2)N2CCN(c3ccccc3)CC2)cc1. The third-order valence-corrected chi connectivity index (χ3v) is 7.39. The third-order valence-electron chi connectivity index (χ3n) is 5.67. The molecule has 1 N–H and O–H groups in total. The predicted molar refractivity (Wildman–Crippen MR) is 131 cm³/mol. The number of nitrogens with one attached hydrogen (secondary N) is 1. The standard InChI is InChI=1S/C26H26N4O2S/c1-21-12-14-24(15-13-21)33(31,32)25(20-27)26(28-22-8-4-2-5-9-22)30-18-16-29(17-19-30)23-10-6-3-7-11-23/h2-15,28H,16-19H2,1H3. The molecule has 0 unspecified atom stereocenters. The number of benzene rings is 3. The summed E-state index contributed by atoms with van der Waals surface area (Å²) in [4.78, 5) is 4.05. The summed E-state index contributed by atoms with van der Waals surface area (Å²) in [6.07, 6.45) is 0. The van der Waals surface area contributed by atoms with Gasteiger partial charge in [0, 0.05) is 37.6 Å². The van der Waals surface area contributed by atoms with Crippen LogP contribution in [0.1, 0.15) is 5.56 Å². The van der Waals surface area contributed by atoms with E-state index < -0.39 is 9.84 Å². The maximum atomic E-state index is 13.5. The van der Waals surface area contributed by atoms with E-state index in [4.69, 9.17) is 0 Å². The Hall–Kier alpha value is -3.76. The largest absolute Gasteiger partial charge is 0.368 e. The van der Waals surface area contributed by atoms with Crippen LogP contribution in [0.25, 0.3) is 0 Å². The molecule has 0 spiro atoms. The molecule has 4 rings (SSSR count). The van der Waals surface area contributed by atoms with Crippen LogP contribution < -0.4 is 10.2 Å². The summed E-state index contributed by atoms with van der Waals surface area (Å²) >= 11 is 0. The van der Waals surface area contributed by atoms with E-state index in [9.17, 15) is 13.7 Å². The summed E-state index contributed by atoms with van der Waals surface area (Å²) in [5, 5.41) is 13.2. The number of para-hydroxylation sites is 2. The number of hydrogen-bond acceptors (Lipinski definition) is 6. The number of sulfone groups is 1. The third kappa shape index (κ3) is 5.02. The van der Waals surface area contributed by atoms with E-state index in [0.29, 0.717) is 32.0 Å². The number of aryl methyl sites for hydroxylation is 1. The van der Waals surface area contributed by atoms with Gasteiger partial charge in [0.25, 0.3) is 0 Å². The van der Waals surface area contributed by atoms with Gasteiger partial charge < -0.3 is 15.1 Å². The summed E-state index contributed by atoms with van der Waals surface area (Å²) in [6.45, 7) is 4.49. The van der Waals surface area contributed by atoms with Crippen LogP contribution in [0.5, 0.6) is 0 Å². The Kier molecular flexibility index (Phi) is 6.66. The number of rotatable bonds is 6. The molecule has 1 fully saturated rings. The van der Waals surface area contributed by atoms with Crippen LogP contribution in [0.2, 0.25) is 0 Å². The molecule has 0 amide bonds. The topological polar surface area (TPSA) is 76.4 Å². The monoisotopic (exact) mass is 458 g/mol. The molecule has 0 radical (unpaired) electrons. The van der Waals surface area contributed by atoms with Crippen LogP contribution in [0.3, 0.4) is 0 Å². The highest BCUT2D eigenvalue weighted by atomic mass is 32.2. The number of piperazine rings is 1. The van der Waals surface area contributed by atoms with Gasteiger partial charge in [-0.3, -0.25) is 0 Å². The van der Waals surface area contributed by atoms with Gasteiger partial charge in [-0.2, -0.15) is 5.26 Å². The van der Waals surface area contributed by atoms with Gasteiger partial charge in [0.1, 0.15) is 11.9 Å². The Labute approximate surface area is 195 Å². The number of hydrogen-bond donors (Lipinski definition) is 1. The minimum absolute atomic E-state index is 0.111. The van der Waals surface area contributed by atoms with Crippen LogP contribution in [0.4, 0.5) is 11.4 Å². The van der Waals surface area contributed by atoms with Gasteiger partial charge in [0.2, 0.25) is 9.84 Å². The van der Waals surface area contributed by atoms with Crippen LogP contribution in [-0.4, -0.2) is 39.5 Å². The van der Waals surface area contributed by atoms with Crippen molar-refractivity contribution >= 4 is 21.2 Å². The zero-order chi connectivity index (χ0) is 23.3. The van der Waals surface area contributed by atoms with E-state index in [1.54, 1.807) is 24.3 Å². The van der Waals surface area contributed by atoms with Crippen LogP contribution in [0, 0.1) is 18.3 Å². The molecular weight excluding hydrogens is 432 g/mol. The molecule has 1 aliphatic rings. The summed E-state index contributed by atoms with van der Waals surface area (Å²) in [7, 11) is -4.00. The Morgan fingerprint density at radius 2 is 1.42 bits per heavy atom. The lowest BCUT2D eigenvalue weighted by Gasteiger charge is -2.38. The first kappa shape index (κ1) is 22.4. The van der Waals surface area contributed by atoms with Gasteiger partial charge >= 0.3 is 0 Å². The van der Waals surface area contributed by atoms with Gasteiger partial charge in [-0.1, -0.05) is 54.1 Å². The molecule has 0 aliphatic carbocycles.